The van der Waals surface area contributed by atoms with Crippen LogP contribution in [0, 0.1) is 5.92 Å². The normalized spacial score (nSPS) is 23.6. The molecule has 3 heteroatoms. The second-order valence-electron chi connectivity index (χ2n) is 4.27. The Hall–Kier alpha value is -1.51. The Balaban J connectivity index is 2.05. The number of rotatable bonds is 2. The fourth-order valence-electron chi connectivity index (χ4n) is 1.89. The molecule has 1 fully saturated rings. The Labute approximate surface area is 89.3 Å². The first-order chi connectivity index (χ1) is 7.09. The van der Waals surface area contributed by atoms with E-state index in [2.05, 4.69) is 0 Å². The van der Waals surface area contributed by atoms with Gasteiger partial charge in [-0.05, 0) is 30.0 Å². The molecule has 0 spiro atoms. The summed E-state index contributed by atoms with van der Waals surface area (Å²) < 4.78 is 0. The second-order valence-corrected chi connectivity index (χ2v) is 4.27. The molecule has 2 atom stereocenters. The summed E-state index contributed by atoms with van der Waals surface area (Å²) in [4.78, 5) is 13.3. The summed E-state index contributed by atoms with van der Waals surface area (Å²) in [5, 5.41) is 9.15. The lowest BCUT2D eigenvalue weighted by Gasteiger charge is -2.09. The topological polar surface area (TPSA) is 40.5 Å². The lowest BCUT2D eigenvalue weighted by Crippen LogP contribution is -2.23. The first kappa shape index (κ1) is 10.0. The van der Waals surface area contributed by atoms with Gasteiger partial charge in [-0.15, -0.1) is 0 Å². The molecule has 0 aromatic heterocycles. The number of hydrogen-bond acceptors (Lipinski definition) is 2. The Morgan fingerprint density at radius 2 is 1.93 bits per heavy atom. The third-order valence-electron chi connectivity index (χ3n) is 2.87. The predicted octanol–water partition coefficient (Wildman–Crippen LogP) is 1.58. The Bertz CT molecular complexity index is 370. The van der Waals surface area contributed by atoms with Gasteiger partial charge in [-0.3, -0.25) is 4.79 Å². The van der Waals surface area contributed by atoms with Crippen molar-refractivity contribution in [3.8, 4) is 5.75 Å². The van der Waals surface area contributed by atoms with Gasteiger partial charge in [0, 0.05) is 20.0 Å². The molecule has 0 heterocycles. The third-order valence-corrected chi connectivity index (χ3v) is 2.87. The maximum absolute atomic E-state index is 11.6. The fraction of sp³-hybridized carbons (Fsp3) is 0.417. The average Bonchev–Trinajstić information content (AvgIpc) is 2.97. The van der Waals surface area contributed by atoms with Gasteiger partial charge in [0.25, 0.3) is 0 Å². The van der Waals surface area contributed by atoms with Crippen LogP contribution in [0.25, 0.3) is 0 Å². The van der Waals surface area contributed by atoms with E-state index in [1.54, 1.807) is 31.1 Å². The van der Waals surface area contributed by atoms with Gasteiger partial charge in [0.15, 0.2) is 0 Å². The van der Waals surface area contributed by atoms with E-state index in [4.69, 9.17) is 5.11 Å². The van der Waals surface area contributed by atoms with Crippen molar-refractivity contribution in [2.24, 2.45) is 5.92 Å². The second kappa shape index (κ2) is 3.57. The highest BCUT2D eigenvalue weighted by Gasteiger charge is 2.44. The van der Waals surface area contributed by atoms with Crippen molar-refractivity contribution >= 4 is 5.91 Å². The molecule has 3 nitrogen and oxygen atoms in total. The van der Waals surface area contributed by atoms with E-state index in [1.807, 2.05) is 12.1 Å². The van der Waals surface area contributed by atoms with Crippen LogP contribution in [0.2, 0.25) is 0 Å². The molecule has 15 heavy (non-hydrogen) atoms. The number of benzene rings is 1. The minimum absolute atomic E-state index is 0.143. The van der Waals surface area contributed by atoms with Crippen LogP contribution >= 0.6 is 0 Å². The average molecular weight is 205 g/mol. The first-order valence-electron chi connectivity index (χ1n) is 5.09. The number of nitrogens with zero attached hydrogens (tertiary/aromatic N) is 1. The van der Waals surface area contributed by atoms with E-state index in [0.29, 0.717) is 5.92 Å². The van der Waals surface area contributed by atoms with Crippen molar-refractivity contribution in [2.75, 3.05) is 14.1 Å². The fourth-order valence-corrected chi connectivity index (χ4v) is 1.89. The predicted molar refractivity (Wildman–Crippen MR) is 57.6 cm³/mol. The molecule has 1 saturated carbocycles. The van der Waals surface area contributed by atoms with Gasteiger partial charge in [0.2, 0.25) is 5.91 Å². The van der Waals surface area contributed by atoms with E-state index in [9.17, 15) is 4.79 Å². The summed E-state index contributed by atoms with van der Waals surface area (Å²) in [5.41, 5.74) is 1.15. The standard InChI is InChI=1S/C12H15NO2/c1-13(2)12(15)11-7-10(11)8-3-5-9(14)6-4-8/h3-6,10-11,14H,7H2,1-2H3. The highest BCUT2D eigenvalue weighted by atomic mass is 16.3. The molecule has 0 saturated heterocycles. The number of aromatic hydroxyl groups is 1. The molecule has 1 N–H and O–H groups in total. The van der Waals surface area contributed by atoms with E-state index in [-0.39, 0.29) is 17.6 Å². The number of amides is 1. The van der Waals surface area contributed by atoms with Gasteiger partial charge in [0.1, 0.15) is 5.75 Å². The quantitative estimate of drug-likeness (QED) is 0.796. The van der Waals surface area contributed by atoms with Crippen molar-refractivity contribution in [3.63, 3.8) is 0 Å². The van der Waals surface area contributed by atoms with Gasteiger partial charge in [-0.25, -0.2) is 0 Å². The van der Waals surface area contributed by atoms with Crippen molar-refractivity contribution in [2.45, 2.75) is 12.3 Å². The highest BCUT2D eigenvalue weighted by molar-refractivity contribution is 5.82. The molecule has 1 aliphatic rings. The Kier molecular flexibility index (Phi) is 2.39. The van der Waals surface area contributed by atoms with Gasteiger partial charge < -0.3 is 10.0 Å². The first-order valence-corrected chi connectivity index (χ1v) is 5.09. The summed E-state index contributed by atoms with van der Waals surface area (Å²) >= 11 is 0. The van der Waals surface area contributed by atoms with Crippen molar-refractivity contribution in [3.05, 3.63) is 29.8 Å². The molecular weight excluding hydrogens is 190 g/mol. The van der Waals surface area contributed by atoms with Crippen molar-refractivity contribution in [1.29, 1.82) is 0 Å². The zero-order valence-corrected chi connectivity index (χ0v) is 8.97. The lowest BCUT2D eigenvalue weighted by atomic mass is 10.1. The van der Waals surface area contributed by atoms with Crippen LogP contribution < -0.4 is 0 Å². The molecule has 2 rings (SSSR count). The van der Waals surface area contributed by atoms with Crippen molar-refractivity contribution < 1.29 is 9.90 Å². The highest BCUT2D eigenvalue weighted by Crippen LogP contribution is 2.48. The molecule has 0 aliphatic heterocycles. The van der Waals surface area contributed by atoms with Crippen LogP contribution in [0.3, 0.4) is 0 Å². The summed E-state index contributed by atoms with van der Waals surface area (Å²) in [6.45, 7) is 0. The molecule has 0 bridgehead atoms. The largest absolute Gasteiger partial charge is 0.508 e. The molecule has 0 radical (unpaired) electrons. The number of hydrogen-bond donors (Lipinski definition) is 1. The molecule has 2 unspecified atom stereocenters. The van der Waals surface area contributed by atoms with Gasteiger partial charge in [0.05, 0.1) is 0 Å². The minimum atomic E-state index is 0.143. The van der Waals surface area contributed by atoms with Crippen LogP contribution in [0.1, 0.15) is 17.9 Å². The van der Waals surface area contributed by atoms with Crippen LogP contribution in [-0.4, -0.2) is 30.0 Å². The van der Waals surface area contributed by atoms with E-state index < -0.39 is 0 Å². The van der Waals surface area contributed by atoms with Gasteiger partial charge >= 0.3 is 0 Å². The SMILES string of the molecule is CN(C)C(=O)C1CC1c1ccc(O)cc1. The maximum Gasteiger partial charge on any atom is 0.225 e. The number of phenols is 1. The van der Waals surface area contributed by atoms with Crippen molar-refractivity contribution in [1.82, 2.24) is 4.90 Å². The lowest BCUT2D eigenvalue weighted by molar-refractivity contribution is -0.130. The van der Waals surface area contributed by atoms with E-state index >= 15 is 0 Å². The molecule has 1 aliphatic carbocycles. The molecular formula is C12H15NO2. The molecule has 1 aromatic carbocycles. The Morgan fingerprint density at radius 1 is 1.33 bits per heavy atom. The maximum atomic E-state index is 11.6. The van der Waals surface area contributed by atoms with E-state index in [0.717, 1.165) is 12.0 Å². The Morgan fingerprint density at radius 3 is 2.47 bits per heavy atom. The molecule has 1 amide bonds. The summed E-state index contributed by atoms with van der Waals surface area (Å²) in [6, 6.07) is 7.13. The monoisotopic (exact) mass is 205 g/mol. The van der Waals surface area contributed by atoms with Crippen LogP contribution in [-0.2, 0) is 4.79 Å². The van der Waals surface area contributed by atoms with Crippen LogP contribution in [0.4, 0.5) is 0 Å². The van der Waals surface area contributed by atoms with Crippen LogP contribution in [0.5, 0.6) is 5.75 Å². The summed E-state index contributed by atoms with van der Waals surface area (Å²) in [6.07, 6.45) is 0.932. The van der Waals surface area contributed by atoms with Gasteiger partial charge in [-0.1, -0.05) is 12.1 Å². The molecule has 1 aromatic rings. The van der Waals surface area contributed by atoms with Gasteiger partial charge in [-0.2, -0.15) is 0 Å². The number of phenolic OH excluding ortho intramolecular Hbond substituents is 1. The third kappa shape index (κ3) is 1.96. The minimum Gasteiger partial charge on any atom is -0.508 e. The smallest absolute Gasteiger partial charge is 0.225 e. The summed E-state index contributed by atoms with van der Waals surface area (Å²) in [5.74, 6) is 0.966. The zero-order chi connectivity index (χ0) is 11.0. The van der Waals surface area contributed by atoms with E-state index in [1.165, 1.54) is 0 Å². The zero-order valence-electron chi connectivity index (χ0n) is 8.97. The number of carbonyl (C=O) groups excluding carboxylic acids is 1. The molecule has 80 valence electrons. The van der Waals surface area contributed by atoms with Crippen LogP contribution in [0.15, 0.2) is 24.3 Å². The number of carbonyl (C=O) groups is 1. The summed E-state index contributed by atoms with van der Waals surface area (Å²) in [7, 11) is 3.57.